The molecule has 3 aromatic rings. The quantitative estimate of drug-likeness (QED) is 0.464. The molecule has 2 N–H and O–H groups in total. The molecule has 2 aliphatic rings. The van der Waals surface area contributed by atoms with Crippen molar-refractivity contribution in [2.75, 3.05) is 31.1 Å². The summed E-state index contributed by atoms with van der Waals surface area (Å²) in [6.07, 6.45) is 2.31. The van der Waals surface area contributed by atoms with Crippen LogP contribution in [-0.4, -0.2) is 54.0 Å². The molecule has 5 rings (SSSR count). The van der Waals surface area contributed by atoms with Gasteiger partial charge < -0.3 is 19.3 Å². The zero-order chi connectivity index (χ0) is 21.9. The van der Waals surface area contributed by atoms with E-state index < -0.39 is 0 Å². The summed E-state index contributed by atoms with van der Waals surface area (Å²) in [6, 6.07) is 13.0. The van der Waals surface area contributed by atoms with E-state index in [2.05, 4.69) is 63.4 Å². The molecule has 1 unspecified atom stereocenters. The van der Waals surface area contributed by atoms with Crippen molar-refractivity contribution in [2.24, 2.45) is 4.99 Å². The minimum atomic E-state index is 0.122. The fraction of sp³-hybridized carbons (Fsp3) is 0.391. The van der Waals surface area contributed by atoms with Crippen LogP contribution in [0.15, 0.2) is 51.0 Å². The number of carbonyl (C=O) groups is 1. The second kappa shape index (κ2) is 9.91. The van der Waals surface area contributed by atoms with Crippen LogP contribution in [0.25, 0.3) is 10.9 Å². The number of hydrogen-bond donors (Lipinski definition) is 2. The number of aromatic nitrogens is 1. The molecule has 0 bridgehead atoms. The molecule has 0 spiro atoms. The van der Waals surface area contributed by atoms with Gasteiger partial charge in [0, 0.05) is 43.4 Å². The molecule has 0 radical (unpaired) electrons. The Labute approximate surface area is 200 Å². The van der Waals surface area contributed by atoms with Gasteiger partial charge >= 0.3 is 0 Å². The predicted molar refractivity (Wildman–Crippen MR) is 136 cm³/mol. The molecule has 2 aromatic heterocycles. The third-order valence-electron chi connectivity index (χ3n) is 5.64. The van der Waals surface area contributed by atoms with Gasteiger partial charge in [-0.25, -0.2) is 0 Å². The maximum absolute atomic E-state index is 12.5. The van der Waals surface area contributed by atoms with Crippen molar-refractivity contribution in [1.29, 1.82) is 0 Å². The van der Waals surface area contributed by atoms with Gasteiger partial charge in [0.2, 0.25) is 5.91 Å². The van der Waals surface area contributed by atoms with Gasteiger partial charge in [-0.05, 0) is 48.4 Å². The van der Waals surface area contributed by atoms with E-state index in [0.717, 1.165) is 48.0 Å². The first-order valence-corrected chi connectivity index (χ1v) is 13.3. The molecule has 4 heterocycles. The molecule has 0 saturated carbocycles. The van der Waals surface area contributed by atoms with E-state index in [9.17, 15) is 4.79 Å². The average Bonchev–Trinajstić information content (AvgIpc) is 3.54. The number of fused-ring (bicyclic) bond motifs is 1. The molecule has 1 saturated heterocycles. The summed E-state index contributed by atoms with van der Waals surface area (Å²) in [5.74, 6) is 0.122. The highest BCUT2D eigenvalue weighted by atomic mass is 32.2. The fourth-order valence-corrected chi connectivity index (χ4v) is 6.89. The van der Waals surface area contributed by atoms with Crippen LogP contribution in [-0.2, 0) is 9.53 Å². The number of nitrogens with one attached hydrogen (secondary N) is 2. The Balaban J connectivity index is 1.24. The van der Waals surface area contributed by atoms with Crippen LogP contribution < -0.4 is 9.62 Å². The minimum absolute atomic E-state index is 0.122. The standard InChI is InChI=1S/C23H26N4O2S3/c1-27(32-21-6-3-11-30-21)19-5-2-4-15-12-18(26-22(15)19)23-24-14-17(31-23)13-20(28)25-16-7-9-29-10-8-16/h2-6,11-12,16-17,26H,7-10,13-14H2,1H3,(H,25,28). The Hall–Kier alpha value is -1.94. The highest BCUT2D eigenvalue weighted by Gasteiger charge is 2.26. The van der Waals surface area contributed by atoms with E-state index in [1.165, 1.54) is 9.60 Å². The number of ether oxygens (including phenoxy) is 1. The Morgan fingerprint density at radius 1 is 1.31 bits per heavy atom. The molecular formula is C23H26N4O2S3. The van der Waals surface area contributed by atoms with Crippen molar-refractivity contribution in [1.82, 2.24) is 10.3 Å². The van der Waals surface area contributed by atoms with Gasteiger partial charge in [-0.1, -0.05) is 30.0 Å². The monoisotopic (exact) mass is 486 g/mol. The van der Waals surface area contributed by atoms with Crippen LogP contribution >= 0.6 is 35.0 Å². The fourth-order valence-electron chi connectivity index (χ4n) is 4.02. The number of nitrogens with zero attached hydrogens (tertiary/aromatic N) is 2. The topological polar surface area (TPSA) is 69.7 Å². The van der Waals surface area contributed by atoms with Crippen LogP contribution in [0, 0.1) is 0 Å². The number of aliphatic imine (C=N–C) groups is 1. The third-order valence-corrected chi connectivity index (χ3v) is 8.82. The van der Waals surface area contributed by atoms with Crippen LogP contribution in [0.1, 0.15) is 25.0 Å². The lowest BCUT2D eigenvalue weighted by atomic mass is 10.1. The molecule has 168 valence electrons. The summed E-state index contributed by atoms with van der Waals surface area (Å²) in [7, 11) is 2.09. The van der Waals surface area contributed by atoms with Gasteiger partial charge in [0.15, 0.2) is 0 Å². The number of hydrogen-bond acceptors (Lipinski definition) is 7. The largest absolute Gasteiger partial charge is 0.381 e. The molecule has 1 amide bonds. The molecule has 1 atom stereocenters. The first-order chi connectivity index (χ1) is 15.7. The zero-order valence-corrected chi connectivity index (χ0v) is 20.3. The van der Waals surface area contributed by atoms with Gasteiger partial charge in [-0.2, -0.15) is 0 Å². The summed E-state index contributed by atoms with van der Waals surface area (Å²) in [6.45, 7) is 2.15. The Bertz CT molecular complexity index is 1110. The summed E-state index contributed by atoms with van der Waals surface area (Å²) < 4.78 is 8.82. The van der Waals surface area contributed by atoms with Crippen molar-refractivity contribution in [3.05, 3.63) is 47.5 Å². The summed E-state index contributed by atoms with van der Waals surface area (Å²) in [4.78, 5) is 20.8. The summed E-state index contributed by atoms with van der Waals surface area (Å²) >= 11 is 5.17. The summed E-state index contributed by atoms with van der Waals surface area (Å²) in [5, 5.41) is 7.60. The Kier molecular flexibility index (Phi) is 6.77. The van der Waals surface area contributed by atoms with E-state index in [1.807, 2.05) is 0 Å². The maximum Gasteiger partial charge on any atom is 0.221 e. The Morgan fingerprint density at radius 3 is 3.00 bits per heavy atom. The predicted octanol–water partition coefficient (Wildman–Crippen LogP) is 4.92. The number of carbonyl (C=O) groups excluding carboxylic acids is 1. The van der Waals surface area contributed by atoms with Gasteiger partial charge in [-0.15, -0.1) is 11.3 Å². The average molecular weight is 487 g/mol. The second-order valence-corrected chi connectivity index (χ2v) is 11.7. The van der Waals surface area contributed by atoms with Crippen LogP contribution in [0.4, 0.5) is 5.69 Å². The number of anilines is 1. The third kappa shape index (κ3) is 5.01. The van der Waals surface area contributed by atoms with Crippen molar-refractivity contribution in [2.45, 2.75) is 34.8 Å². The molecule has 32 heavy (non-hydrogen) atoms. The number of H-pyrrole nitrogens is 1. The second-order valence-electron chi connectivity index (χ2n) is 7.99. The van der Waals surface area contributed by atoms with Crippen molar-refractivity contribution in [3.8, 4) is 0 Å². The lowest BCUT2D eigenvalue weighted by Crippen LogP contribution is -2.39. The molecule has 1 fully saturated rings. The number of amides is 1. The molecule has 9 heteroatoms. The lowest BCUT2D eigenvalue weighted by Gasteiger charge is -2.23. The van der Waals surface area contributed by atoms with Crippen molar-refractivity contribution in [3.63, 3.8) is 0 Å². The van der Waals surface area contributed by atoms with E-state index >= 15 is 0 Å². The van der Waals surface area contributed by atoms with Gasteiger partial charge in [0.25, 0.3) is 0 Å². The van der Waals surface area contributed by atoms with Gasteiger partial charge in [-0.3, -0.25) is 9.79 Å². The molecular weight excluding hydrogens is 460 g/mol. The molecule has 1 aromatic carbocycles. The van der Waals surface area contributed by atoms with E-state index in [-0.39, 0.29) is 17.2 Å². The highest BCUT2D eigenvalue weighted by molar-refractivity contribution is 8.15. The molecule has 6 nitrogen and oxygen atoms in total. The number of thiophene rings is 1. The van der Waals surface area contributed by atoms with Crippen LogP contribution in [0.5, 0.6) is 0 Å². The first-order valence-electron chi connectivity index (χ1n) is 10.8. The number of aromatic amines is 1. The minimum Gasteiger partial charge on any atom is -0.381 e. The van der Waals surface area contributed by atoms with E-state index in [1.54, 1.807) is 35.0 Å². The number of rotatable bonds is 7. The Morgan fingerprint density at radius 2 is 2.19 bits per heavy atom. The lowest BCUT2D eigenvalue weighted by molar-refractivity contribution is -0.122. The number of para-hydroxylation sites is 1. The zero-order valence-electron chi connectivity index (χ0n) is 17.9. The van der Waals surface area contributed by atoms with Crippen molar-refractivity contribution < 1.29 is 9.53 Å². The molecule has 2 aliphatic heterocycles. The van der Waals surface area contributed by atoms with Gasteiger partial charge in [0.05, 0.1) is 27.7 Å². The summed E-state index contributed by atoms with van der Waals surface area (Å²) in [5.41, 5.74) is 3.28. The van der Waals surface area contributed by atoms with E-state index in [4.69, 9.17) is 9.73 Å². The normalized spacial score (nSPS) is 19.3. The smallest absolute Gasteiger partial charge is 0.221 e. The maximum atomic E-state index is 12.5. The van der Waals surface area contributed by atoms with Gasteiger partial charge in [0.1, 0.15) is 5.04 Å². The SMILES string of the molecule is CN(Sc1cccs1)c1cccc2cc(C3=NCC(CC(=O)NC4CCOCC4)S3)[nH]c12. The van der Waals surface area contributed by atoms with Crippen LogP contribution in [0.3, 0.4) is 0 Å². The van der Waals surface area contributed by atoms with Crippen LogP contribution in [0.2, 0.25) is 0 Å². The van der Waals surface area contributed by atoms with E-state index in [0.29, 0.717) is 13.0 Å². The molecule has 0 aliphatic carbocycles. The first kappa shape index (κ1) is 21.9. The number of thioether (sulfide) groups is 1. The highest BCUT2D eigenvalue weighted by Crippen LogP contribution is 2.36. The number of benzene rings is 1. The van der Waals surface area contributed by atoms with Crippen molar-refractivity contribution >= 4 is 62.6 Å².